The molecule has 1 unspecified atom stereocenters. The number of aliphatic hydroxyl groups excluding tert-OH is 1. The summed E-state index contributed by atoms with van der Waals surface area (Å²) in [5.41, 5.74) is 0.274. The van der Waals surface area contributed by atoms with E-state index in [1.165, 1.54) is 6.33 Å². The molecule has 2 aromatic heterocycles. The Kier molecular flexibility index (Phi) is 4.00. The Labute approximate surface area is 162 Å². The van der Waals surface area contributed by atoms with Gasteiger partial charge >= 0.3 is 0 Å². The lowest BCUT2D eigenvalue weighted by molar-refractivity contribution is -0.0937. The maximum atomic E-state index is 13.5. The number of nitrogens with zero attached hydrogens (tertiary/aromatic N) is 4. The Morgan fingerprint density at radius 2 is 2.04 bits per heavy atom. The standard InChI is InChI=1S/C19H22ClN5O2/c20-13-10-14(23-15-6-9-21-11-22-15)17(26)25-16(13)18(27)24(12-4-5-12)19(25)7-2-1-3-8-19/h6,9-12,18,27H,1-5,7-8H2,(H,21,22,23). The summed E-state index contributed by atoms with van der Waals surface area (Å²) >= 11 is 6.58. The minimum atomic E-state index is -0.830. The van der Waals surface area contributed by atoms with Gasteiger partial charge in [0.05, 0.1) is 10.7 Å². The highest BCUT2D eigenvalue weighted by molar-refractivity contribution is 6.31. The van der Waals surface area contributed by atoms with Gasteiger partial charge in [-0.2, -0.15) is 0 Å². The van der Waals surface area contributed by atoms with E-state index in [0.717, 1.165) is 44.9 Å². The van der Waals surface area contributed by atoms with Gasteiger partial charge in [0.1, 0.15) is 23.5 Å². The molecule has 2 saturated carbocycles. The molecule has 0 aromatic carbocycles. The van der Waals surface area contributed by atoms with Crippen LogP contribution in [0.1, 0.15) is 56.9 Å². The van der Waals surface area contributed by atoms with Crippen LogP contribution in [-0.2, 0) is 5.66 Å². The fraction of sp³-hybridized carbons (Fsp3) is 0.526. The maximum absolute atomic E-state index is 13.5. The topological polar surface area (TPSA) is 83.3 Å². The van der Waals surface area contributed by atoms with E-state index in [-0.39, 0.29) is 5.56 Å². The quantitative estimate of drug-likeness (QED) is 0.841. The summed E-state index contributed by atoms with van der Waals surface area (Å²) in [6, 6.07) is 3.63. The number of hydrogen-bond acceptors (Lipinski definition) is 6. The minimum absolute atomic E-state index is 0.155. The SMILES string of the molecule is O=c1c(Nc2ccncn2)cc(Cl)c2n1C1(CCCCC1)N(C1CC1)C2O. The molecule has 1 aliphatic heterocycles. The molecule has 2 aromatic rings. The third kappa shape index (κ3) is 2.60. The zero-order valence-corrected chi connectivity index (χ0v) is 15.7. The molecule has 5 rings (SSSR count). The molecule has 3 aliphatic rings. The molecule has 0 bridgehead atoms. The number of rotatable bonds is 3. The summed E-state index contributed by atoms with van der Waals surface area (Å²) in [7, 11) is 0. The average Bonchev–Trinajstić information content (AvgIpc) is 3.47. The molecule has 142 valence electrons. The van der Waals surface area contributed by atoms with Gasteiger partial charge < -0.3 is 10.4 Å². The second kappa shape index (κ2) is 6.29. The number of aromatic nitrogens is 3. The highest BCUT2D eigenvalue weighted by atomic mass is 35.5. The molecule has 2 aliphatic carbocycles. The van der Waals surface area contributed by atoms with Gasteiger partial charge in [0.2, 0.25) is 0 Å². The van der Waals surface area contributed by atoms with E-state index >= 15 is 0 Å². The Balaban J connectivity index is 1.67. The van der Waals surface area contributed by atoms with Crippen LogP contribution in [0.3, 0.4) is 0 Å². The van der Waals surface area contributed by atoms with Gasteiger partial charge in [0.15, 0.2) is 6.23 Å². The Morgan fingerprint density at radius 3 is 2.70 bits per heavy atom. The van der Waals surface area contributed by atoms with E-state index in [4.69, 9.17) is 11.6 Å². The first kappa shape index (κ1) is 17.2. The van der Waals surface area contributed by atoms with Crippen molar-refractivity contribution in [1.29, 1.82) is 0 Å². The smallest absolute Gasteiger partial charge is 0.276 e. The Morgan fingerprint density at radius 1 is 1.26 bits per heavy atom. The highest BCUT2D eigenvalue weighted by Gasteiger charge is 2.56. The first-order valence-corrected chi connectivity index (χ1v) is 9.95. The van der Waals surface area contributed by atoms with Crippen molar-refractivity contribution < 1.29 is 5.11 Å². The van der Waals surface area contributed by atoms with Gasteiger partial charge in [-0.05, 0) is 50.7 Å². The van der Waals surface area contributed by atoms with Gasteiger partial charge in [-0.1, -0.05) is 18.0 Å². The van der Waals surface area contributed by atoms with Crippen molar-refractivity contribution in [3.05, 3.63) is 45.7 Å². The second-order valence-electron chi connectivity index (χ2n) is 7.71. The molecule has 0 amide bonds. The third-order valence-corrected chi connectivity index (χ3v) is 6.34. The molecule has 1 atom stereocenters. The van der Waals surface area contributed by atoms with Crippen LogP contribution >= 0.6 is 11.6 Å². The largest absolute Gasteiger partial charge is 0.372 e. The van der Waals surface area contributed by atoms with Crippen molar-refractivity contribution in [2.75, 3.05) is 5.32 Å². The number of aliphatic hydroxyl groups is 1. The van der Waals surface area contributed by atoms with Gasteiger partial charge in [0, 0.05) is 12.2 Å². The molecule has 0 radical (unpaired) electrons. The molecule has 2 fully saturated rings. The lowest BCUT2D eigenvalue weighted by Crippen LogP contribution is -2.51. The number of nitrogens with one attached hydrogen (secondary N) is 1. The normalized spacial score (nSPS) is 24.1. The van der Waals surface area contributed by atoms with Crippen molar-refractivity contribution >= 4 is 23.1 Å². The van der Waals surface area contributed by atoms with E-state index in [0.29, 0.717) is 28.3 Å². The van der Waals surface area contributed by atoms with Crippen molar-refractivity contribution in [1.82, 2.24) is 19.4 Å². The maximum Gasteiger partial charge on any atom is 0.276 e. The minimum Gasteiger partial charge on any atom is -0.372 e. The Bertz CT molecular complexity index is 922. The van der Waals surface area contributed by atoms with Crippen molar-refractivity contribution in [3.8, 4) is 0 Å². The van der Waals surface area contributed by atoms with Crippen LogP contribution in [0.2, 0.25) is 5.02 Å². The van der Waals surface area contributed by atoms with Gasteiger partial charge in [-0.15, -0.1) is 0 Å². The van der Waals surface area contributed by atoms with Gasteiger partial charge in [0.25, 0.3) is 5.56 Å². The van der Waals surface area contributed by atoms with Crippen LogP contribution in [0.4, 0.5) is 11.5 Å². The molecule has 0 saturated heterocycles. The number of halogens is 1. The fourth-order valence-corrected chi connectivity index (χ4v) is 5.10. The van der Waals surface area contributed by atoms with E-state index in [1.54, 1.807) is 22.9 Å². The summed E-state index contributed by atoms with van der Waals surface area (Å²) in [6.07, 6.45) is 9.31. The van der Waals surface area contributed by atoms with E-state index < -0.39 is 11.9 Å². The average molecular weight is 388 g/mol. The van der Waals surface area contributed by atoms with Crippen LogP contribution in [0.15, 0.2) is 29.5 Å². The van der Waals surface area contributed by atoms with Crippen LogP contribution in [0.5, 0.6) is 0 Å². The second-order valence-corrected chi connectivity index (χ2v) is 8.11. The monoisotopic (exact) mass is 387 g/mol. The van der Waals surface area contributed by atoms with Crippen LogP contribution < -0.4 is 10.9 Å². The number of pyridine rings is 1. The number of fused-ring (bicyclic) bond motifs is 2. The summed E-state index contributed by atoms with van der Waals surface area (Å²) in [6.45, 7) is 0. The highest BCUT2D eigenvalue weighted by Crippen LogP contribution is 2.53. The predicted molar refractivity (Wildman–Crippen MR) is 102 cm³/mol. The van der Waals surface area contributed by atoms with Crippen molar-refractivity contribution in [3.63, 3.8) is 0 Å². The van der Waals surface area contributed by atoms with Crippen molar-refractivity contribution in [2.24, 2.45) is 0 Å². The molecule has 27 heavy (non-hydrogen) atoms. The van der Waals surface area contributed by atoms with Gasteiger partial charge in [-0.25, -0.2) is 14.9 Å². The zero-order chi connectivity index (χ0) is 18.6. The van der Waals surface area contributed by atoms with E-state index in [2.05, 4.69) is 20.2 Å². The van der Waals surface area contributed by atoms with E-state index in [1.807, 2.05) is 0 Å². The number of hydrogen-bond donors (Lipinski definition) is 2. The molecular formula is C19H22ClN5O2. The van der Waals surface area contributed by atoms with E-state index in [9.17, 15) is 9.90 Å². The molecule has 8 heteroatoms. The molecular weight excluding hydrogens is 366 g/mol. The summed E-state index contributed by atoms with van der Waals surface area (Å²) in [5.74, 6) is 0.536. The summed E-state index contributed by atoms with van der Waals surface area (Å²) < 4.78 is 1.78. The fourth-order valence-electron chi connectivity index (χ4n) is 4.81. The molecule has 1 spiro atoms. The van der Waals surface area contributed by atoms with Crippen LogP contribution in [-0.4, -0.2) is 30.6 Å². The van der Waals surface area contributed by atoms with Crippen LogP contribution in [0, 0.1) is 0 Å². The third-order valence-electron chi connectivity index (χ3n) is 6.03. The first-order valence-electron chi connectivity index (χ1n) is 9.57. The van der Waals surface area contributed by atoms with Gasteiger partial charge in [-0.3, -0.25) is 9.36 Å². The summed E-state index contributed by atoms with van der Waals surface area (Å²) in [5, 5.41) is 14.6. The zero-order valence-electron chi connectivity index (χ0n) is 14.9. The Hall–Kier alpha value is -1.96. The molecule has 3 heterocycles. The van der Waals surface area contributed by atoms with Crippen molar-refractivity contribution in [2.45, 2.75) is 62.9 Å². The molecule has 2 N–H and O–H groups in total. The van der Waals surface area contributed by atoms with Crippen LogP contribution in [0.25, 0.3) is 0 Å². The number of anilines is 2. The summed E-state index contributed by atoms with van der Waals surface area (Å²) in [4.78, 5) is 23.7. The predicted octanol–water partition coefficient (Wildman–Crippen LogP) is 3.12. The lowest BCUT2D eigenvalue weighted by Gasteiger charge is -2.43. The lowest BCUT2D eigenvalue weighted by atomic mass is 9.87. The first-order chi connectivity index (χ1) is 13.1. The molecule has 7 nitrogen and oxygen atoms in total.